The van der Waals surface area contributed by atoms with Crippen molar-refractivity contribution in [3.05, 3.63) is 53.6 Å². The highest BCUT2D eigenvalue weighted by Crippen LogP contribution is 2.28. The van der Waals surface area contributed by atoms with Crippen LogP contribution in [0.3, 0.4) is 0 Å². The van der Waals surface area contributed by atoms with E-state index in [9.17, 15) is 0 Å². The van der Waals surface area contributed by atoms with Crippen molar-refractivity contribution in [3.8, 4) is 11.5 Å². The van der Waals surface area contributed by atoms with Crippen molar-refractivity contribution in [1.29, 1.82) is 0 Å². The van der Waals surface area contributed by atoms with Crippen molar-refractivity contribution >= 4 is 17.6 Å². The molecule has 6 heteroatoms. The minimum absolute atomic E-state index is 0.00296. The summed E-state index contributed by atoms with van der Waals surface area (Å²) in [6, 6.07) is 13.1. The average Bonchev–Trinajstić information content (AvgIpc) is 2.45. The highest BCUT2D eigenvalue weighted by molar-refractivity contribution is 5.93. The molecule has 0 atom stereocenters. The second-order valence-electron chi connectivity index (χ2n) is 4.80. The second kappa shape index (κ2) is 6.62. The molecule has 6 nitrogen and oxygen atoms in total. The summed E-state index contributed by atoms with van der Waals surface area (Å²) in [6.07, 6.45) is 0. The lowest BCUT2D eigenvalue weighted by Crippen LogP contribution is -2.26. The van der Waals surface area contributed by atoms with Crippen LogP contribution in [-0.2, 0) is 0 Å². The van der Waals surface area contributed by atoms with E-state index in [1.807, 2.05) is 44.2 Å². The highest BCUT2D eigenvalue weighted by atomic mass is 16.5. The van der Waals surface area contributed by atoms with Gasteiger partial charge in [-0.2, -0.15) is 4.99 Å². The summed E-state index contributed by atoms with van der Waals surface area (Å²) in [5, 5.41) is 0. The van der Waals surface area contributed by atoms with Crippen molar-refractivity contribution in [2.75, 3.05) is 0 Å². The fourth-order valence-electron chi connectivity index (χ4n) is 1.84. The standard InChI is InChI=1S/C16H19N5O/c1-10-4-3-5-14(11(10)2)22-13-8-6-12(7-9-13)20-16(19)21-15(17)18/h3-9H,1-2H3,(H6,17,18,19,20,21). The molecule has 0 aliphatic heterocycles. The van der Waals surface area contributed by atoms with Crippen LogP contribution in [0.25, 0.3) is 0 Å². The molecule has 0 fully saturated rings. The van der Waals surface area contributed by atoms with E-state index in [4.69, 9.17) is 21.9 Å². The summed E-state index contributed by atoms with van der Waals surface area (Å²) in [7, 11) is 0. The van der Waals surface area contributed by atoms with Gasteiger partial charge >= 0.3 is 0 Å². The molecule has 0 saturated heterocycles. The summed E-state index contributed by atoms with van der Waals surface area (Å²) < 4.78 is 5.87. The van der Waals surface area contributed by atoms with E-state index in [1.54, 1.807) is 12.1 Å². The molecule has 2 aromatic carbocycles. The van der Waals surface area contributed by atoms with Crippen LogP contribution in [0.2, 0.25) is 0 Å². The first-order chi connectivity index (χ1) is 10.5. The van der Waals surface area contributed by atoms with E-state index in [0.717, 1.165) is 11.3 Å². The van der Waals surface area contributed by atoms with Gasteiger partial charge in [-0.25, -0.2) is 4.99 Å². The summed E-state index contributed by atoms with van der Waals surface area (Å²) in [4.78, 5) is 7.72. The summed E-state index contributed by atoms with van der Waals surface area (Å²) in [5.41, 5.74) is 19.0. The first kappa shape index (κ1) is 15.4. The summed E-state index contributed by atoms with van der Waals surface area (Å²) >= 11 is 0. The number of benzene rings is 2. The molecule has 0 radical (unpaired) electrons. The summed E-state index contributed by atoms with van der Waals surface area (Å²) in [6.45, 7) is 4.08. The minimum atomic E-state index is -0.129. The predicted octanol–water partition coefficient (Wildman–Crippen LogP) is 2.32. The molecule has 0 heterocycles. The topological polar surface area (TPSA) is 112 Å². The van der Waals surface area contributed by atoms with Crippen LogP contribution in [0, 0.1) is 13.8 Å². The molecule has 22 heavy (non-hydrogen) atoms. The SMILES string of the molecule is Cc1cccc(Oc2ccc(N=C(N)N=C(N)N)cc2)c1C. The monoisotopic (exact) mass is 297 g/mol. The Kier molecular flexibility index (Phi) is 4.63. The normalized spacial score (nSPS) is 11.1. The van der Waals surface area contributed by atoms with Gasteiger partial charge in [0.1, 0.15) is 11.5 Å². The van der Waals surface area contributed by atoms with Crippen LogP contribution in [-0.4, -0.2) is 11.9 Å². The number of ether oxygens (including phenoxy) is 1. The first-order valence-electron chi connectivity index (χ1n) is 6.73. The molecule has 114 valence electrons. The molecule has 0 saturated carbocycles. The number of nitrogens with zero attached hydrogens (tertiary/aromatic N) is 2. The number of aryl methyl sites for hydroxylation is 1. The van der Waals surface area contributed by atoms with E-state index in [2.05, 4.69) is 9.98 Å². The number of rotatable bonds is 3. The third kappa shape index (κ3) is 3.99. The zero-order chi connectivity index (χ0) is 16.1. The van der Waals surface area contributed by atoms with Crippen molar-refractivity contribution < 1.29 is 4.74 Å². The zero-order valence-corrected chi connectivity index (χ0v) is 12.6. The number of aliphatic imine (C=N–C) groups is 2. The van der Waals surface area contributed by atoms with Gasteiger partial charge in [0.15, 0.2) is 5.96 Å². The van der Waals surface area contributed by atoms with E-state index in [-0.39, 0.29) is 11.9 Å². The van der Waals surface area contributed by atoms with Crippen molar-refractivity contribution in [3.63, 3.8) is 0 Å². The zero-order valence-electron chi connectivity index (χ0n) is 12.6. The van der Waals surface area contributed by atoms with Gasteiger partial charge in [-0.1, -0.05) is 12.1 Å². The van der Waals surface area contributed by atoms with Gasteiger partial charge in [-0.15, -0.1) is 0 Å². The fourth-order valence-corrected chi connectivity index (χ4v) is 1.84. The van der Waals surface area contributed by atoms with Crippen LogP contribution >= 0.6 is 0 Å². The van der Waals surface area contributed by atoms with E-state index in [0.29, 0.717) is 11.4 Å². The lowest BCUT2D eigenvalue weighted by molar-refractivity contribution is 0.478. The Balaban J connectivity index is 2.16. The Morgan fingerprint density at radius 1 is 0.955 bits per heavy atom. The van der Waals surface area contributed by atoms with Gasteiger partial charge in [-0.05, 0) is 55.3 Å². The van der Waals surface area contributed by atoms with Crippen molar-refractivity contribution in [1.82, 2.24) is 0 Å². The minimum Gasteiger partial charge on any atom is -0.457 e. The lowest BCUT2D eigenvalue weighted by atomic mass is 10.1. The van der Waals surface area contributed by atoms with Gasteiger partial charge in [0.05, 0.1) is 5.69 Å². The van der Waals surface area contributed by atoms with E-state index < -0.39 is 0 Å². The molecule has 0 aliphatic rings. The molecular weight excluding hydrogens is 278 g/mol. The molecule has 0 aromatic heterocycles. The Morgan fingerprint density at radius 2 is 1.64 bits per heavy atom. The molecule has 6 N–H and O–H groups in total. The van der Waals surface area contributed by atoms with Crippen LogP contribution in [0.4, 0.5) is 5.69 Å². The molecule has 0 amide bonds. The Morgan fingerprint density at radius 3 is 2.27 bits per heavy atom. The number of guanidine groups is 2. The number of nitrogens with two attached hydrogens (primary N) is 3. The van der Waals surface area contributed by atoms with Crippen LogP contribution in [0.15, 0.2) is 52.4 Å². The molecule has 2 aromatic rings. The average molecular weight is 297 g/mol. The quantitative estimate of drug-likeness (QED) is 0.596. The summed E-state index contributed by atoms with van der Waals surface area (Å²) in [5.74, 6) is 1.42. The van der Waals surface area contributed by atoms with Gasteiger partial charge in [0.25, 0.3) is 0 Å². The lowest BCUT2D eigenvalue weighted by Gasteiger charge is -2.10. The maximum Gasteiger partial charge on any atom is 0.223 e. The van der Waals surface area contributed by atoms with Crippen molar-refractivity contribution in [2.24, 2.45) is 27.2 Å². The molecular formula is C16H19N5O. The Hall–Kier alpha value is -3.02. The van der Waals surface area contributed by atoms with Crippen molar-refractivity contribution in [2.45, 2.75) is 13.8 Å². The smallest absolute Gasteiger partial charge is 0.223 e. The van der Waals surface area contributed by atoms with Gasteiger partial charge in [0, 0.05) is 0 Å². The number of hydrogen-bond donors (Lipinski definition) is 3. The first-order valence-corrected chi connectivity index (χ1v) is 6.73. The second-order valence-corrected chi connectivity index (χ2v) is 4.80. The maximum atomic E-state index is 5.87. The highest BCUT2D eigenvalue weighted by Gasteiger charge is 2.03. The predicted molar refractivity (Wildman–Crippen MR) is 89.5 cm³/mol. The number of hydrogen-bond acceptors (Lipinski definition) is 2. The molecule has 2 rings (SSSR count). The van der Waals surface area contributed by atoms with Crippen LogP contribution in [0.1, 0.15) is 11.1 Å². The van der Waals surface area contributed by atoms with E-state index in [1.165, 1.54) is 5.56 Å². The largest absolute Gasteiger partial charge is 0.457 e. The molecule has 0 unspecified atom stereocenters. The third-order valence-corrected chi connectivity index (χ3v) is 3.11. The van der Waals surface area contributed by atoms with Gasteiger partial charge in [-0.3, -0.25) is 0 Å². The Bertz CT molecular complexity index is 716. The van der Waals surface area contributed by atoms with E-state index >= 15 is 0 Å². The third-order valence-electron chi connectivity index (χ3n) is 3.11. The van der Waals surface area contributed by atoms with Crippen LogP contribution < -0.4 is 21.9 Å². The maximum absolute atomic E-state index is 5.87. The fraction of sp³-hybridized carbons (Fsp3) is 0.125. The molecule has 0 aliphatic carbocycles. The molecule has 0 bridgehead atoms. The Labute approximate surface area is 129 Å². The van der Waals surface area contributed by atoms with Gasteiger partial charge in [0.2, 0.25) is 5.96 Å². The van der Waals surface area contributed by atoms with Crippen LogP contribution in [0.5, 0.6) is 11.5 Å². The van der Waals surface area contributed by atoms with Gasteiger partial charge < -0.3 is 21.9 Å². The molecule has 0 spiro atoms.